The Labute approximate surface area is 185 Å². The Morgan fingerprint density at radius 1 is 0.906 bits per heavy atom. The van der Waals surface area contributed by atoms with Crippen molar-refractivity contribution in [2.75, 3.05) is 13.2 Å². The van der Waals surface area contributed by atoms with Crippen LogP contribution in [0.15, 0.2) is 60.7 Å². The Bertz CT molecular complexity index is 966. The van der Waals surface area contributed by atoms with E-state index in [0.717, 1.165) is 0 Å². The van der Waals surface area contributed by atoms with Gasteiger partial charge in [-0.2, -0.15) is 0 Å². The third-order valence-corrected chi connectivity index (χ3v) is 4.55. The minimum atomic E-state index is -1.20. The summed E-state index contributed by atoms with van der Waals surface area (Å²) in [6.07, 6.45) is 1.07. The van der Waals surface area contributed by atoms with Gasteiger partial charge in [-0.25, -0.2) is 9.59 Å². The summed E-state index contributed by atoms with van der Waals surface area (Å²) in [5.41, 5.74) is 0.652. The first-order chi connectivity index (χ1) is 15.5. The Kier molecular flexibility index (Phi) is 7.97. The highest BCUT2D eigenvalue weighted by atomic mass is 16.7. The van der Waals surface area contributed by atoms with E-state index in [2.05, 4.69) is 5.92 Å². The van der Waals surface area contributed by atoms with Crippen molar-refractivity contribution in [3.05, 3.63) is 71.8 Å². The number of benzene rings is 2. The summed E-state index contributed by atoms with van der Waals surface area (Å²) in [7, 11) is 0. The van der Waals surface area contributed by atoms with Gasteiger partial charge in [0.1, 0.15) is 19.3 Å². The highest BCUT2D eigenvalue weighted by molar-refractivity contribution is 5.90. The Morgan fingerprint density at radius 2 is 1.50 bits per heavy atom. The van der Waals surface area contributed by atoms with Gasteiger partial charge in [0.15, 0.2) is 12.2 Å². The van der Waals surface area contributed by atoms with E-state index in [1.54, 1.807) is 60.7 Å². The minimum Gasteiger partial charge on any atom is -0.459 e. The maximum atomic E-state index is 12.7. The number of carbonyl (C=O) groups excluding carboxylic acids is 3. The second-order valence-electron chi connectivity index (χ2n) is 6.83. The molecule has 1 unspecified atom stereocenters. The summed E-state index contributed by atoms with van der Waals surface area (Å²) in [5.74, 6) is 0.465. The first-order valence-electron chi connectivity index (χ1n) is 9.85. The minimum absolute atomic E-state index is 0.137. The predicted molar refractivity (Wildman–Crippen MR) is 111 cm³/mol. The van der Waals surface area contributed by atoms with Gasteiger partial charge in [-0.3, -0.25) is 4.79 Å². The van der Waals surface area contributed by atoms with Crippen molar-refractivity contribution in [2.24, 2.45) is 0 Å². The zero-order valence-electron chi connectivity index (χ0n) is 17.3. The molecular weight excluding hydrogens is 416 g/mol. The SMILES string of the molecule is C#CCO[C@H]1[C@H](OC(C)=O)OC(COC(=O)c2ccccc2)[C@H]1OC(=O)c1ccccc1. The molecular formula is C24H22O8. The summed E-state index contributed by atoms with van der Waals surface area (Å²) in [5, 5.41) is 0. The molecule has 166 valence electrons. The Morgan fingerprint density at radius 3 is 2.06 bits per heavy atom. The van der Waals surface area contributed by atoms with Crippen LogP contribution in [0, 0.1) is 12.3 Å². The molecule has 1 aliphatic heterocycles. The highest BCUT2D eigenvalue weighted by Gasteiger charge is 2.50. The van der Waals surface area contributed by atoms with Crippen LogP contribution >= 0.6 is 0 Å². The number of hydrogen-bond donors (Lipinski definition) is 0. The normalized spacial score (nSPS) is 21.9. The van der Waals surface area contributed by atoms with Crippen LogP contribution in [0.1, 0.15) is 27.6 Å². The van der Waals surface area contributed by atoms with E-state index >= 15 is 0 Å². The molecule has 0 radical (unpaired) electrons. The van der Waals surface area contributed by atoms with Crippen LogP contribution in [-0.2, 0) is 28.5 Å². The third-order valence-electron chi connectivity index (χ3n) is 4.55. The van der Waals surface area contributed by atoms with E-state index < -0.39 is 42.5 Å². The van der Waals surface area contributed by atoms with Gasteiger partial charge in [-0.1, -0.05) is 42.3 Å². The van der Waals surface area contributed by atoms with Crippen molar-refractivity contribution >= 4 is 17.9 Å². The maximum Gasteiger partial charge on any atom is 0.338 e. The standard InChI is InChI=1S/C24H22O8/c1-3-14-28-21-20(32-23(27)18-12-8-5-9-13-18)19(31-24(21)30-16(2)25)15-29-22(26)17-10-6-4-7-11-17/h1,4-13,19-21,24H,14-15H2,2H3/t19?,20-,21-,24-/m1/s1. The average molecular weight is 438 g/mol. The first kappa shape index (κ1) is 23.0. The van der Waals surface area contributed by atoms with Crippen LogP contribution in [0.25, 0.3) is 0 Å². The smallest absolute Gasteiger partial charge is 0.338 e. The summed E-state index contributed by atoms with van der Waals surface area (Å²) < 4.78 is 27.5. The molecule has 2 aromatic carbocycles. The quantitative estimate of drug-likeness (QED) is 0.352. The average Bonchev–Trinajstić information content (AvgIpc) is 3.12. The number of terminal acetylenes is 1. The third kappa shape index (κ3) is 5.94. The Hall–Kier alpha value is -3.67. The van der Waals surface area contributed by atoms with Gasteiger partial charge >= 0.3 is 17.9 Å². The molecule has 32 heavy (non-hydrogen) atoms. The van der Waals surface area contributed by atoms with Gasteiger partial charge < -0.3 is 23.7 Å². The summed E-state index contributed by atoms with van der Waals surface area (Å²) >= 11 is 0. The molecule has 0 spiro atoms. The van der Waals surface area contributed by atoms with Crippen LogP contribution < -0.4 is 0 Å². The van der Waals surface area contributed by atoms with E-state index in [4.69, 9.17) is 30.1 Å². The van der Waals surface area contributed by atoms with Crippen molar-refractivity contribution in [1.29, 1.82) is 0 Å². The molecule has 2 aromatic rings. The lowest BCUT2D eigenvalue weighted by Gasteiger charge is -2.23. The van der Waals surface area contributed by atoms with E-state index in [0.29, 0.717) is 11.1 Å². The largest absolute Gasteiger partial charge is 0.459 e. The molecule has 8 nitrogen and oxygen atoms in total. The number of ether oxygens (including phenoxy) is 5. The molecule has 1 aliphatic rings. The first-order valence-corrected chi connectivity index (χ1v) is 9.85. The van der Waals surface area contributed by atoms with Gasteiger partial charge in [0.2, 0.25) is 6.29 Å². The predicted octanol–water partition coefficient (Wildman–Crippen LogP) is 2.38. The van der Waals surface area contributed by atoms with Crippen molar-refractivity contribution in [1.82, 2.24) is 0 Å². The zero-order chi connectivity index (χ0) is 22.9. The zero-order valence-corrected chi connectivity index (χ0v) is 17.3. The van der Waals surface area contributed by atoms with Gasteiger partial charge in [-0.05, 0) is 24.3 Å². The second kappa shape index (κ2) is 11.1. The van der Waals surface area contributed by atoms with Crippen molar-refractivity contribution in [3.63, 3.8) is 0 Å². The van der Waals surface area contributed by atoms with E-state index in [1.807, 2.05) is 0 Å². The molecule has 1 heterocycles. The number of rotatable bonds is 8. The molecule has 8 heteroatoms. The fraction of sp³-hybridized carbons (Fsp3) is 0.292. The molecule has 0 bridgehead atoms. The molecule has 1 fully saturated rings. The van der Waals surface area contributed by atoms with E-state index in [9.17, 15) is 14.4 Å². The number of carbonyl (C=O) groups is 3. The van der Waals surface area contributed by atoms with Crippen molar-refractivity contribution < 1.29 is 38.1 Å². The van der Waals surface area contributed by atoms with Gasteiger partial charge in [0.25, 0.3) is 0 Å². The van der Waals surface area contributed by atoms with Crippen LogP contribution in [0.5, 0.6) is 0 Å². The van der Waals surface area contributed by atoms with Crippen molar-refractivity contribution in [2.45, 2.75) is 31.5 Å². The van der Waals surface area contributed by atoms with Crippen LogP contribution in [-0.4, -0.2) is 55.7 Å². The lowest BCUT2D eigenvalue weighted by atomic mass is 10.1. The molecule has 0 aliphatic carbocycles. The van der Waals surface area contributed by atoms with Gasteiger partial charge in [0.05, 0.1) is 11.1 Å². The van der Waals surface area contributed by atoms with Crippen LogP contribution in [0.4, 0.5) is 0 Å². The topological polar surface area (TPSA) is 97.4 Å². The van der Waals surface area contributed by atoms with Crippen LogP contribution in [0.2, 0.25) is 0 Å². The Balaban J connectivity index is 1.78. The molecule has 4 atom stereocenters. The molecule has 0 amide bonds. The monoisotopic (exact) mass is 438 g/mol. The fourth-order valence-electron chi connectivity index (χ4n) is 3.13. The molecule has 0 saturated carbocycles. The number of hydrogen-bond acceptors (Lipinski definition) is 8. The summed E-state index contributed by atoms with van der Waals surface area (Å²) in [6, 6.07) is 16.7. The van der Waals surface area contributed by atoms with Gasteiger partial charge in [0, 0.05) is 6.92 Å². The molecule has 0 aromatic heterocycles. The highest BCUT2D eigenvalue weighted by Crippen LogP contribution is 2.29. The lowest BCUT2D eigenvalue weighted by Crippen LogP contribution is -2.41. The second-order valence-corrected chi connectivity index (χ2v) is 6.83. The van der Waals surface area contributed by atoms with E-state index in [-0.39, 0.29) is 13.2 Å². The lowest BCUT2D eigenvalue weighted by molar-refractivity contribution is -0.191. The van der Waals surface area contributed by atoms with E-state index in [1.165, 1.54) is 6.92 Å². The molecule has 3 rings (SSSR count). The maximum absolute atomic E-state index is 12.7. The molecule has 1 saturated heterocycles. The fourth-order valence-corrected chi connectivity index (χ4v) is 3.13. The summed E-state index contributed by atoms with van der Waals surface area (Å²) in [6.45, 7) is 0.797. The van der Waals surface area contributed by atoms with Crippen LogP contribution in [0.3, 0.4) is 0 Å². The summed E-state index contributed by atoms with van der Waals surface area (Å²) in [4.78, 5) is 36.5. The number of esters is 3. The van der Waals surface area contributed by atoms with Crippen molar-refractivity contribution in [3.8, 4) is 12.3 Å². The van der Waals surface area contributed by atoms with Gasteiger partial charge in [-0.15, -0.1) is 6.42 Å². The molecule has 0 N–H and O–H groups in total.